The van der Waals surface area contributed by atoms with Crippen LogP contribution in [0.2, 0.25) is 0 Å². The molecule has 0 aliphatic rings. The number of halogens is 1. The Kier molecular flexibility index (Phi) is 2.23. The highest BCUT2D eigenvalue weighted by atomic mass is 19.1. The molecule has 0 unspecified atom stereocenters. The molecule has 2 aromatic rings. The Morgan fingerprint density at radius 3 is 2.43 bits per heavy atom. The van der Waals surface area contributed by atoms with Gasteiger partial charge in [0, 0.05) is 11.3 Å². The largest absolute Gasteiger partial charge is 0.309 e. The molecule has 0 atom stereocenters. The van der Waals surface area contributed by atoms with Crippen LogP contribution in [0.5, 0.6) is 0 Å². The lowest BCUT2D eigenvalue weighted by molar-refractivity contribution is 0.536. The second-order valence-corrected chi connectivity index (χ2v) is 3.03. The summed E-state index contributed by atoms with van der Waals surface area (Å²) in [5.74, 6) is 0. The van der Waals surface area contributed by atoms with Gasteiger partial charge in [0.05, 0.1) is 5.69 Å². The van der Waals surface area contributed by atoms with Crippen molar-refractivity contribution in [2.24, 2.45) is 0 Å². The summed E-state index contributed by atoms with van der Waals surface area (Å²) in [4.78, 5) is 7.31. The molecular weight excluding hydrogens is 179 g/mol. The third-order valence-corrected chi connectivity index (χ3v) is 1.90. The summed E-state index contributed by atoms with van der Waals surface area (Å²) >= 11 is 0. The van der Waals surface area contributed by atoms with Crippen molar-refractivity contribution in [2.75, 3.05) is 0 Å². The Bertz CT molecular complexity index is 420. The van der Waals surface area contributed by atoms with Gasteiger partial charge in [-0.25, -0.2) is 9.97 Å². The van der Waals surface area contributed by atoms with E-state index in [9.17, 15) is 4.39 Å². The zero-order chi connectivity index (χ0) is 9.97. The SMILES string of the molecule is Cc1cc(-c2ccccc2)nc(F)n1. The standard InChI is InChI=1S/C11H9FN2/c1-8-7-10(14-11(12)13-8)9-5-3-2-4-6-9/h2-7H,1H3. The summed E-state index contributed by atoms with van der Waals surface area (Å²) in [5, 5.41) is 0. The van der Waals surface area contributed by atoms with Crippen molar-refractivity contribution in [1.29, 1.82) is 0 Å². The second kappa shape index (κ2) is 3.54. The first-order valence-electron chi connectivity index (χ1n) is 4.32. The zero-order valence-corrected chi connectivity index (χ0v) is 7.74. The Morgan fingerprint density at radius 2 is 1.79 bits per heavy atom. The molecule has 0 N–H and O–H groups in total. The molecular formula is C11H9FN2. The molecule has 0 radical (unpaired) electrons. The van der Waals surface area contributed by atoms with Gasteiger partial charge in [-0.1, -0.05) is 30.3 Å². The lowest BCUT2D eigenvalue weighted by atomic mass is 10.1. The number of benzene rings is 1. The molecule has 2 nitrogen and oxygen atoms in total. The smallest absolute Gasteiger partial charge is 0.208 e. The van der Waals surface area contributed by atoms with Gasteiger partial charge in [0.2, 0.25) is 0 Å². The predicted octanol–water partition coefficient (Wildman–Crippen LogP) is 2.59. The van der Waals surface area contributed by atoms with Gasteiger partial charge >= 0.3 is 6.08 Å². The Labute approximate surface area is 81.5 Å². The summed E-state index contributed by atoms with van der Waals surface area (Å²) in [6.07, 6.45) is -0.677. The first-order valence-corrected chi connectivity index (χ1v) is 4.32. The van der Waals surface area contributed by atoms with Gasteiger partial charge in [-0.15, -0.1) is 0 Å². The summed E-state index contributed by atoms with van der Waals surface area (Å²) in [6.45, 7) is 1.75. The summed E-state index contributed by atoms with van der Waals surface area (Å²) < 4.78 is 12.9. The van der Waals surface area contributed by atoms with Gasteiger partial charge in [-0.3, -0.25) is 0 Å². The van der Waals surface area contributed by atoms with Crippen LogP contribution in [0.1, 0.15) is 5.69 Å². The molecule has 0 saturated carbocycles. The second-order valence-electron chi connectivity index (χ2n) is 3.03. The van der Waals surface area contributed by atoms with Crippen molar-refractivity contribution < 1.29 is 4.39 Å². The molecule has 3 heteroatoms. The van der Waals surface area contributed by atoms with Crippen LogP contribution in [-0.2, 0) is 0 Å². The molecule has 0 fully saturated rings. The van der Waals surface area contributed by atoms with Crippen molar-refractivity contribution >= 4 is 0 Å². The lowest BCUT2D eigenvalue weighted by Crippen LogP contribution is -1.94. The molecule has 0 spiro atoms. The van der Waals surface area contributed by atoms with E-state index in [2.05, 4.69) is 9.97 Å². The van der Waals surface area contributed by atoms with Crippen molar-refractivity contribution in [2.45, 2.75) is 6.92 Å². The van der Waals surface area contributed by atoms with E-state index in [1.54, 1.807) is 13.0 Å². The topological polar surface area (TPSA) is 25.8 Å². The molecule has 0 bridgehead atoms. The van der Waals surface area contributed by atoms with Gasteiger partial charge < -0.3 is 0 Å². The minimum Gasteiger partial charge on any atom is -0.208 e. The minimum atomic E-state index is -0.677. The van der Waals surface area contributed by atoms with Crippen LogP contribution in [0.25, 0.3) is 11.3 Å². The summed E-state index contributed by atoms with van der Waals surface area (Å²) in [6, 6.07) is 11.2. The average Bonchev–Trinajstić information content (AvgIpc) is 2.18. The molecule has 1 aromatic heterocycles. The maximum Gasteiger partial charge on any atom is 0.309 e. The predicted molar refractivity (Wildman–Crippen MR) is 52.2 cm³/mol. The van der Waals surface area contributed by atoms with Crippen LogP contribution in [0.15, 0.2) is 36.4 Å². The van der Waals surface area contributed by atoms with E-state index in [-0.39, 0.29) is 0 Å². The third kappa shape index (κ3) is 1.76. The molecule has 0 aliphatic heterocycles. The van der Waals surface area contributed by atoms with Crippen molar-refractivity contribution in [3.63, 3.8) is 0 Å². The van der Waals surface area contributed by atoms with Crippen molar-refractivity contribution in [1.82, 2.24) is 9.97 Å². The fourth-order valence-corrected chi connectivity index (χ4v) is 1.29. The van der Waals surface area contributed by atoms with Gasteiger partial charge in [-0.2, -0.15) is 4.39 Å². The summed E-state index contributed by atoms with van der Waals surface area (Å²) in [5.41, 5.74) is 2.16. The maximum atomic E-state index is 12.9. The number of aryl methyl sites for hydroxylation is 1. The highest BCUT2D eigenvalue weighted by molar-refractivity contribution is 5.58. The highest BCUT2D eigenvalue weighted by Crippen LogP contribution is 2.16. The zero-order valence-electron chi connectivity index (χ0n) is 7.74. The van der Waals surface area contributed by atoms with Crippen LogP contribution < -0.4 is 0 Å². The summed E-state index contributed by atoms with van der Waals surface area (Å²) in [7, 11) is 0. The molecule has 0 aliphatic carbocycles. The fraction of sp³-hybridized carbons (Fsp3) is 0.0909. The van der Waals surface area contributed by atoms with Crippen molar-refractivity contribution in [3.8, 4) is 11.3 Å². The molecule has 0 amide bonds. The van der Waals surface area contributed by atoms with Gasteiger partial charge in [-0.05, 0) is 13.0 Å². The van der Waals surface area contributed by atoms with Gasteiger partial charge in [0.1, 0.15) is 0 Å². The van der Waals surface area contributed by atoms with E-state index in [1.807, 2.05) is 30.3 Å². The van der Waals surface area contributed by atoms with E-state index < -0.39 is 6.08 Å². The van der Waals surface area contributed by atoms with E-state index in [0.29, 0.717) is 11.4 Å². The molecule has 0 saturated heterocycles. The molecule has 1 aromatic carbocycles. The number of rotatable bonds is 1. The van der Waals surface area contributed by atoms with Crippen LogP contribution in [0.3, 0.4) is 0 Å². The first kappa shape index (κ1) is 8.81. The average molecular weight is 188 g/mol. The normalized spacial score (nSPS) is 10.1. The van der Waals surface area contributed by atoms with Gasteiger partial charge in [0.25, 0.3) is 0 Å². The number of nitrogens with zero attached hydrogens (tertiary/aromatic N) is 2. The van der Waals surface area contributed by atoms with E-state index in [1.165, 1.54) is 0 Å². The van der Waals surface area contributed by atoms with Crippen LogP contribution >= 0.6 is 0 Å². The van der Waals surface area contributed by atoms with Crippen LogP contribution in [0.4, 0.5) is 4.39 Å². The van der Waals surface area contributed by atoms with Crippen molar-refractivity contribution in [3.05, 3.63) is 48.2 Å². The molecule has 2 rings (SSSR count). The first-order chi connectivity index (χ1) is 6.75. The lowest BCUT2D eigenvalue weighted by Gasteiger charge is -2.00. The van der Waals surface area contributed by atoms with E-state index in [4.69, 9.17) is 0 Å². The van der Waals surface area contributed by atoms with E-state index in [0.717, 1.165) is 5.56 Å². The van der Waals surface area contributed by atoms with Crippen LogP contribution in [0, 0.1) is 13.0 Å². The number of hydrogen-bond donors (Lipinski definition) is 0. The minimum absolute atomic E-state index is 0.621. The Hall–Kier alpha value is -1.77. The third-order valence-electron chi connectivity index (χ3n) is 1.90. The molecule has 70 valence electrons. The quantitative estimate of drug-likeness (QED) is 0.643. The Balaban J connectivity index is 2.52. The van der Waals surface area contributed by atoms with Gasteiger partial charge in [0.15, 0.2) is 0 Å². The maximum absolute atomic E-state index is 12.9. The number of aromatic nitrogens is 2. The fourth-order valence-electron chi connectivity index (χ4n) is 1.29. The Morgan fingerprint density at radius 1 is 1.07 bits per heavy atom. The monoisotopic (exact) mass is 188 g/mol. The molecule has 14 heavy (non-hydrogen) atoms. The molecule has 1 heterocycles. The van der Waals surface area contributed by atoms with Crippen LogP contribution in [-0.4, -0.2) is 9.97 Å². The highest BCUT2D eigenvalue weighted by Gasteiger charge is 2.02. The van der Waals surface area contributed by atoms with E-state index >= 15 is 0 Å². The number of hydrogen-bond acceptors (Lipinski definition) is 2.